The molecule has 4 nitrogen and oxygen atoms in total. The minimum Gasteiger partial charge on any atom is -0.396 e. The average Bonchev–Trinajstić information content (AvgIpc) is 2.93. The van der Waals surface area contributed by atoms with Gasteiger partial charge in [-0.2, -0.15) is 0 Å². The van der Waals surface area contributed by atoms with Crippen LogP contribution < -0.4 is 0 Å². The second kappa shape index (κ2) is 4.23. The van der Waals surface area contributed by atoms with E-state index in [0.717, 1.165) is 35.9 Å². The number of rotatable bonds is 2. The maximum Gasteiger partial charge on any atom is 0.191 e. The summed E-state index contributed by atoms with van der Waals surface area (Å²) in [7, 11) is 0. The predicted molar refractivity (Wildman–Crippen MR) is 67.0 cm³/mol. The molecule has 3 rings (SSSR count). The number of aliphatic hydroxyl groups excluding tert-OH is 1. The third kappa shape index (κ3) is 2.00. The lowest BCUT2D eigenvalue weighted by molar-refractivity contribution is 0.196. The first-order valence-electron chi connectivity index (χ1n) is 5.87. The van der Waals surface area contributed by atoms with Crippen LogP contribution in [0.15, 0.2) is 12.1 Å². The van der Waals surface area contributed by atoms with Crippen molar-refractivity contribution in [3.8, 4) is 10.7 Å². The van der Waals surface area contributed by atoms with E-state index in [4.69, 9.17) is 0 Å². The van der Waals surface area contributed by atoms with Crippen LogP contribution in [0.4, 0.5) is 0 Å². The van der Waals surface area contributed by atoms with Crippen LogP contribution in [-0.2, 0) is 13.0 Å². The monoisotopic (exact) mass is 249 g/mol. The van der Waals surface area contributed by atoms with E-state index in [9.17, 15) is 5.11 Å². The van der Waals surface area contributed by atoms with Gasteiger partial charge in [-0.15, -0.1) is 16.4 Å². The number of hydrogen-bond donors (Lipinski definition) is 1. The van der Waals surface area contributed by atoms with Gasteiger partial charge in [0, 0.05) is 24.4 Å². The molecule has 2 aromatic heterocycles. The first-order valence-corrected chi connectivity index (χ1v) is 6.69. The first kappa shape index (κ1) is 10.9. The molecule has 0 aliphatic carbocycles. The van der Waals surface area contributed by atoms with Crippen molar-refractivity contribution in [1.82, 2.24) is 14.8 Å². The van der Waals surface area contributed by atoms with Gasteiger partial charge in [0.15, 0.2) is 5.82 Å². The molecule has 90 valence electrons. The molecule has 5 heteroatoms. The molecule has 0 aromatic carbocycles. The molecular formula is C12H15N3OS. The summed E-state index contributed by atoms with van der Waals surface area (Å²) in [6.07, 6.45) is 1.84. The van der Waals surface area contributed by atoms with E-state index < -0.39 is 0 Å². The molecule has 0 amide bonds. The van der Waals surface area contributed by atoms with Crippen molar-refractivity contribution < 1.29 is 5.11 Å². The molecule has 0 bridgehead atoms. The summed E-state index contributed by atoms with van der Waals surface area (Å²) in [4.78, 5) is 6.99. The third-order valence-electron chi connectivity index (χ3n) is 3.19. The van der Waals surface area contributed by atoms with E-state index in [1.54, 1.807) is 11.3 Å². The fraction of sp³-hybridized carbons (Fsp3) is 0.500. The highest BCUT2D eigenvalue weighted by Gasteiger charge is 2.21. The van der Waals surface area contributed by atoms with Crippen molar-refractivity contribution in [2.24, 2.45) is 5.92 Å². The van der Waals surface area contributed by atoms with Crippen molar-refractivity contribution in [1.29, 1.82) is 0 Å². The van der Waals surface area contributed by atoms with Crippen LogP contribution in [0.1, 0.15) is 17.1 Å². The molecule has 0 radical (unpaired) electrons. The second-order valence-electron chi connectivity index (χ2n) is 4.53. The third-order valence-corrected chi connectivity index (χ3v) is 4.18. The fourth-order valence-corrected chi connectivity index (χ4v) is 2.98. The smallest absolute Gasteiger partial charge is 0.191 e. The Morgan fingerprint density at radius 1 is 1.53 bits per heavy atom. The quantitative estimate of drug-likeness (QED) is 0.884. The standard InChI is InChI=1S/C12H15N3OS/c1-8-2-3-10(17-8)12-13-11-6-9(7-16)4-5-15(11)14-12/h2-3,9,16H,4-7H2,1H3. The van der Waals surface area contributed by atoms with E-state index >= 15 is 0 Å². The number of thiophene rings is 1. The number of aryl methyl sites for hydroxylation is 2. The summed E-state index contributed by atoms with van der Waals surface area (Å²) >= 11 is 1.72. The Bertz CT molecular complexity index is 532. The summed E-state index contributed by atoms with van der Waals surface area (Å²) in [5.74, 6) is 2.19. The highest BCUT2D eigenvalue weighted by molar-refractivity contribution is 7.15. The van der Waals surface area contributed by atoms with Gasteiger partial charge in [-0.3, -0.25) is 0 Å². The number of aliphatic hydroxyl groups is 1. The SMILES string of the molecule is Cc1ccc(-c2nc3n(n2)CCC(CO)C3)s1. The Morgan fingerprint density at radius 2 is 2.41 bits per heavy atom. The predicted octanol–water partition coefficient (Wildman–Crippen LogP) is 1.87. The molecule has 0 saturated heterocycles. The lowest BCUT2D eigenvalue weighted by Crippen LogP contribution is -2.22. The van der Waals surface area contributed by atoms with Crippen molar-refractivity contribution in [2.75, 3.05) is 6.61 Å². The Balaban J connectivity index is 1.92. The van der Waals surface area contributed by atoms with Gasteiger partial charge in [0.2, 0.25) is 0 Å². The van der Waals surface area contributed by atoms with E-state index in [2.05, 4.69) is 29.1 Å². The first-order chi connectivity index (χ1) is 8.26. The molecule has 0 fully saturated rings. The lowest BCUT2D eigenvalue weighted by atomic mass is 9.99. The van der Waals surface area contributed by atoms with Crippen LogP contribution in [0.3, 0.4) is 0 Å². The second-order valence-corrected chi connectivity index (χ2v) is 5.81. The zero-order valence-electron chi connectivity index (χ0n) is 9.76. The molecule has 0 saturated carbocycles. The van der Waals surface area contributed by atoms with Crippen molar-refractivity contribution in [2.45, 2.75) is 26.3 Å². The lowest BCUT2D eigenvalue weighted by Gasteiger charge is -2.19. The molecule has 1 atom stereocenters. The Morgan fingerprint density at radius 3 is 3.12 bits per heavy atom. The van der Waals surface area contributed by atoms with Crippen LogP contribution in [0.5, 0.6) is 0 Å². The van der Waals surface area contributed by atoms with Gasteiger partial charge in [-0.05, 0) is 31.4 Å². The fourth-order valence-electron chi connectivity index (χ4n) is 2.18. The Hall–Kier alpha value is -1.20. The zero-order valence-corrected chi connectivity index (χ0v) is 10.6. The molecule has 17 heavy (non-hydrogen) atoms. The van der Waals surface area contributed by atoms with Crippen molar-refractivity contribution in [3.63, 3.8) is 0 Å². The van der Waals surface area contributed by atoms with Crippen LogP contribution in [0, 0.1) is 12.8 Å². The number of hydrogen-bond acceptors (Lipinski definition) is 4. The molecule has 1 aliphatic heterocycles. The van der Waals surface area contributed by atoms with Gasteiger partial charge < -0.3 is 5.11 Å². The van der Waals surface area contributed by atoms with Gasteiger partial charge >= 0.3 is 0 Å². The van der Waals surface area contributed by atoms with E-state index in [-0.39, 0.29) is 6.61 Å². The largest absolute Gasteiger partial charge is 0.396 e. The summed E-state index contributed by atoms with van der Waals surface area (Å²) in [6, 6.07) is 4.17. The van der Waals surface area contributed by atoms with Crippen molar-refractivity contribution in [3.05, 3.63) is 22.8 Å². The highest BCUT2D eigenvalue weighted by atomic mass is 32.1. The average molecular weight is 249 g/mol. The van der Waals surface area contributed by atoms with Gasteiger partial charge in [0.25, 0.3) is 0 Å². The maximum atomic E-state index is 9.19. The molecule has 1 unspecified atom stereocenters. The zero-order chi connectivity index (χ0) is 11.8. The summed E-state index contributed by atoms with van der Waals surface area (Å²) in [6.45, 7) is 3.21. The Labute approximate surface area is 104 Å². The van der Waals surface area contributed by atoms with Crippen LogP contribution >= 0.6 is 11.3 Å². The minimum absolute atomic E-state index is 0.250. The number of fused-ring (bicyclic) bond motifs is 1. The summed E-state index contributed by atoms with van der Waals surface area (Å²) < 4.78 is 1.98. The van der Waals surface area contributed by atoms with Crippen LogP contribution in [0.2, 0.25) is 0 Å². The van der Waals surface area contributed by atoms with E-state index in [1.807, 2.05) is 4.68 Å². The minimum atomic E-state index is 0.250. The normalized spacial score (nSPS) is 19.3. The van der Waals surface area contributed by atoms with Crippen LogP contribution in [0.25, 0.3) is 10.7 Å². The molecule has 0 spiro atoms. The molecular weight excluding hydrogens is 234 g/mol. The van der Waals surface area contributed by atoms with Crippen molar-refractivity contribution >= 4 is 11.3 Å². The molecule has 3 heterocycles. The van der Waals surface area contributed by atoms with E-state index in [1.165, 1.54) is 4.88 Å². The topological polar surface area (TPSA) is 50.9 Å². The number of nitrogens with zero attached hydrogens (tertiary/aromatic N) is 3. The maximum absolute atomic E-state index is 9.19. The molecule has 1 aliphatic rings. The van der Waals surface area contributed by atoms with Gasteiger partial charge in [0.1, 0.15) is 5.82 Å². The van der Waals surface area contributed by atoms with Gasteiger partial charge in [-0.1, -0.05) is 0 Å². The van der Waals surface area contributed by atoms with Gasteiger partial charge in [0.05, 0.1) is 4.88 Å². The van der Waals surface area contributed by atoms with E-state index in [0.29, 0.717) is 5.92 Å². The summed E-state index contributed by atoms with van der Waals surface area (Å²) in [5.41, 5.74) is 0. The molecule has 2 aromatic rings. The van der Waals surface area contributed by atoms with Crippen LogP contribution in [-0.4, -0.2) is 26.5 Å². The highest BCUT2D eigenvalue weighted by Crippen LogP contribution is 2.27. The number of aromatic nitrogens is 3. The Kier molecular flexibility index (Phi) is 2.72. The van der Waals surface area contributed by atoms with Gasteiger partial charge in [-0.25, -0.2) is 9.67 Å². The summed E-state index contributed by atoms with van der Waals surface area (Å²) in [5, 5.41) is 13.7. The molecule has 1 N–H and O–H groups in total.